The van der Waals surface area contributed by atoms with Crippen molar-refractivity contribution in [3.8, 4) is 0 Å². The fraction of sp³-hybridized carbons (Fsp3) is 0.0909. The van der Waals surface area contributed by atoms with Crippen LogP contribution in [-0.4, -0.2) is 9.97 Å². The third-order valence-electron chi connectivity index (χ3n) is 2.05. The highest BCUT2D eigenvalue weighted by molar-refractivity contribution is 5.40. The number of nitrogens with zero attached hydrogens (tertiary/aromatic N) is 2. The van der Waals surface area contributed by atoms with Gasteiger partial charge in [-0.2, -0.15) is 0 Å². The first kappa shape index (κ1) is 10.4. The van der Waals surface area contributed by atoms with Gasteiger partial charge in [-0.3, -0.25) is 0 Å². The van der Waals surface area contributed by atoms with Crippen LogP contribution in [0.25, 0.3) is 0 Å². The molecule has 0 radical (unpaired) electrons. The molecule has 16 heavy (non-hydrogen) atoms. The number of nitrogens with two attached hydrogens (primary N) is 1. The molecule has 0 aliphatic heterocycles. The van der Waals surface area contributed by atoms with Crippen molar-refractivity contribution in [1.29, 1.82) is 0 Å². The molecule has 1 heterocycles. The minimum absolute atomic E-state index is 0.401. The number of hydrogen-bond acceptors (Lipinski definition) is 4. The zero-order valence-corrected chi connectivity index (χ0v) is 8.52. The van der Waals surface area contributed by atoms with Crippen LogP contribution < -0.4 is 11.1 Å². The lowest BCUT2D eigenvalue weighted by atomic mass is 10.2. The highest BCUT2D eigenvalue weighted by atomic mass is 19.1. The van der Waals surface area contributed by atoms with E-state index < -0.39 is 5.82 Å². The van der Waals surface area contributed by atoms with E-state index in [9.17, 15) is 4.39 Å². The largest absolute Gasteiger partial charge is 0.399 e. The van der Waals surface area contributed by atoms with E-state index in [-0.39, 0.29) is 0 Å². The zero-order chi connectivity index (χ0) is 11.4. The molecule has 1 aromatic heterocycles. The molecule has 5 heteroatoms. The summed E-state index contributed by atoms with van der Waals surface area (Å²) in [6.45, 7) is 0.575. The number of nitrogen functional groups attached to an aromatic ring is 1. The third kappa shape index (κ3) is 2.66. The van der Waals surface area contributed by atoms with Crippen LogP contribution >= 0.6 is 0 Å². The Morgan fingerprint density at radius 3 is 2.38 bits per heavy atom. The van der Waals surface area contributed by atoms with Crippen LogP contribution in [0.3, 0.4) is 0 Å². The Labute approximate surface area is 92.3 Å². The molecular weight excluding hydrogens is 207 g/mol. The van der Waals surface area contributed by atoms with E-state index in [0.717, 1.165) is 23.6 Å². The molecule has 0 aliphatic rings. The van der Waals surface area contributed by atoms with Crippen molar-refractivity contribution in [3.05, 3.63) is 48.0 Å². The van der Waals surface area contributed by atoms with Gasteiger partial charge in [0.2, 0.25) is 5.95 Å². The van der Waals surface area contributed by atoms with Gasteiger partial charge in [0, 0.05) is 12.2 Å². The summed E-state index contributed by atoms with van der Waals surface area (Å²) in [6.07, 6.45) is 2.25. The molecule has 0 amide bonds. The first-order chi connectivity index (χ1) is 7.74. The van der Waals surface area contributed by atoms with Gasteiger partial charge in [-0.25, -0.2) is 14.4 Å². The Morgan fingerprint density at radius 2 is 1.75 bits per heavy atom. The number of benzene rings is 1. The molecule has 0 fully saturated rings. The first-order valence-corrected chi connectivity index (χ1v) is 4.80. The van der Waals surface area contributed by atoms with Crippen LogP contribution in [0.2, 0.25) is 0 Å². The van der Waals surface area contributed by atoms with Gasteiger partial charge >= 0.3 is 0 Å². The van der Waals surface area contributed by atoms with Crippen molar-refractivity contribution in [2.45, 2.75) is 6.54 Å². The highest BCUT2D eigenvalue weighted by Gasteiger charge is 1.97. The summed E-state index contributed by atoms with van der Waals surface area (Å²) in [6, 6.07) is 7.46. The lowest BCUT2D eigenvalue weighted by molar-refractivity contribution is 0.614. The van der Waals surface area contributed by atoms with E-state index in [1.807, 2.05) is 24.3 Å². The van der Waals surface area contributed by atoms with Crippen molar-refractivity contribution in [1.82, 2.24) is 9.97 Å². The Balaban J connectivity index is 1.97. The van der Waals surface area contributed by atoms with Crippen molar-refractivity contribution < 1.29 is 4.39 Å². The fourth-order valence-corrected chi connectivity index (χ4v) is 1.22. The van der Waals surface area contributed by atoms with E-state index in [2.05, 4.69) is 15.3 Å². The van der Waals surface area contributed by atoms with Crippen LogP contribution in [0.1, 0.15) is 5.56 Å². The van der Waals surface area contributed by atoms with Crippen molar-refractivity contribution in [2.75, 3.05) is 11.1 Å². The molecule has 0 saturated carbocycles. The predicted molar refractivity (Wildman–Crippen MR) is 60.2 cm³/mol. The maximum atomic E-state index is 12.5. The van der Waals surface area contributed by atoms with E-state index in [1.54, 1.807) is 0 Å². The second-order valence-corrected chi connectivity index (χ2v) is 3.32. The molecule has 0 aliphatic carbocycles. The summed E-state index contributed by atoms with van der Waals surface area (Å²) in [5, 5.41) is 2.98. The summed E-state index contributed by atoms with van der Waals surface area (Å²) < 4.78 is 12.5. The van der Waals surface area contributed by atoms with Crippen LogP contribution in [-0.2, 0) is 6.54 Å². The van der Waals surface area contributed by atoms with Crippen LogP contribution in [0.4, 0.5) is 16.0 Å². The van der Waals surface area contributed by atoms with Crippen molar-refractivity contribution >= 4 is 11.6 Å². The SMILES string of the molecule is Nc1ccc(CNc2ncc(F)cn2)cc1. The van der Waals surface area contributed by atoms with E-state index in [4.69, 9.17) is 5.73 Å². The average Bonchev–Trinajstić information content (AvgIpc) is 2.30. The first-order valence-electron chi connectivity index (χ1n) is 4.80. The van der Waals surface area contributed by atoms with E-state index in [0.29, 0.717) is 12.5 Å². The number of hydrogen-bond donors (Lipinski definition) is 2. The maximum absolute atomic E-state index is 12.5. The molecule has 2 aromatic rings. The zero-order valence-electron chi connectivity index (χ0n) is 8.52. The minimum atomic E-state index is -0.446. The number of rotatable bonds is 3. The number of aromatic nitrogens is 2. The van der Waals surface area contributed by atoms with Gasteiger partial charge in [0.15, 0.2) is 5.82 Å². The smallest absolute Gasteiger partial charge is 0.223 e. The number of halogens is 1. The lowest BCUT2D eigenvalue weighted by Gasteiger charge is -2.04. The highest BCUT2D eigenvalue weighted by Crippen LogP contribution is 2.07. The van der Waals surface area contributed by atoms with Gasteiger partial charge in [0.05, 0.1) is 12.4 Å². The molecule has 82 valence electrons. The lowest BCUT2D eigenvalue weighted by Crippen LogP contribution is -2.03. The molecule has 0 unspecified atom stereocenters. The van der Waals surface area contributed by atoms with Gasteiger partial charge in [-0.15, -0.1) is 0 Å². The van der Waals surface area contributed by atoms with Crippen LogP contribution in [0, 0.1) is 5.82 Å². The Bertz CT molecular complexity index is 407. The van der Waals surface area contributed by atoms with Crippen LogP contribution in [0.15, 0.2) is 36.7 Å². The molecule has 2 rings (SSSR count). The fourth-order valence-electron chi connectivity index (χ4n) is 1.22. The summed E-state index contributed by atoms with van der Waals surface area (Å²) in [7, 11) is 0. The van der Waals surface area contributed by atoms with Gasteiger partial charge < -0.3 is 11.1 Å². The van der Waals surface area contributed by atoms with Crippen molar-refractivity contribution in [3.63, 3.8) is 0 Å². The molecule has 0 bridgehead atoms. The second kappa shape index (κ2) is 4.57. The summed E-state index contributed by atoms with van der Waals surface area (Å²) >= 11 is 0. The van der Waals surface area contributed by atoms with Gasteiger partial charge in [0.25, 0.3) is 0 Å². The molecule has 1 aromatic carbocycles. The molecule has 4 nitrogen and oxygen atoms in total. The minimum Gasteiger partial charge on any atom is -0.399 e. The third-order valence-corrected chi connectivity index (χ3v) is 2.05. The maximum Gasteiger partial charge on any atom is 0.223 e. The summed E-state index contributed by atoms with van der Waals surface area (Å²) in [5.41, 5.74) is 7.35. The Kier molecular flexibility index (Phi) is 2.95. The van der Waals surface area contributed by atoms with Crippen molar-refractivity contribution in [2.24, 2.45) is 0 Å². The van der Waals surface area contributed by atoms with Gasteiger partial charge in [-0.05, 0) is 17.7 Å². The Morgan fingerprint density at radius 1 is 1.12 bits per heavy atom. The predicted octanol–water partition coefficient (Wildman–Crippen LogP) is 1.81. The van der Waals surface area contributed by atoms with E-state index >= 15 is 0 Å². The molecule has 0 saturated heterocycles. The van der Waals surface area contributed by atoms with E-state index in [1.165, 1.54) is 0 Å². The average molecular weight is 218 g/mol. The second-order valence-electron chi connectivity index (χ2n) is 3.32. The van der Waals surface area contributed by atoms with Crippen LogP contribution in [0.5, 0.6) is 0 Å². The Hall–Kier alpha value is -2.17. The summed E-state index contributed by atoms with van der Waals surface area (Å²) in [4.78, 5) is 7.58. The molecule has 0 atom stereocenters. The monoisotopic (exact) mass is 218 g/mol. The summed E-state index contributed by atoms with van der Waals surface area (Å²) in [5.74, 6) is -0.0451. The van der Waals surface area contributed by atoms with Gasteiger partial charge in [0.1, 0.15) is 0 Å². The molecule has 3 N–H and O–H groups in total. The number of nitrogens with one attached hydrogen (secondary N) is 1. The molecular formula is C11H11FN4. The van der Waals surface area contributed by atoms with Gasteiger partial charge in [-0.1, -0.05) is 12.1 Å². The molecule has 0 spiro atoms. The topological polar surface area (TPSA) is 63.8 Å². The normalized spacial score (nSPS) is 10.1. The standard InChI is InChI=1S/C11H11FN4/c12-9-6-15-11(16-7-9)14-5-8-1-3-10(13)4-2-8/h1-4,6-7H,5,13H2,(H,14,15,16). The number of anilines is 2. The quantitative estimate of drug-likeness (QED) is 0.771.